The molecule has 2 aliphatic carbocycles. The van der Waals surface area contributed by atoms with Gasteiger partial charge in [0.15, 0.2) is 5.83 Å². The molecule has 0 radical (unpaired) electrons. The number of unbranched alkanes of at least 4 members (excludes halogenated alkanes) is 2. The van der Waals surface area contributed by atoms with E-state index in [9.17, 15) is 4.39 Å². The van der Waals surface area contributed by atoms with Gasteiger partial charge in [0.05, 0.1) is 0 Å². The summed E-state index contributed by atoms with van der Waals surface area (Å²) in [4.78, 5) is 0. The number of nitrogens with zero attached hydrogens (tertiary/aromatic N) is 1. The monoisotopic (exact) mass is 407 g/mol. The Hall–Kier alpha value is -1.88. The van der Waals surface area contributed by atoms with Gasteiger partial charge >= 0.3 is 0 Å². The zero-order valence-corrected chi connectivity index (χ0v) is 18.7. The molecule has 30 heavy (non-hydrogen) atoms. The van der Waals surface area contributed by atoms with Crippen molar-refractivity contribution in [1.29, 1.82) is 5.26 Å². The number of hydrogen-bond acceptors (Lipinski definition) is 1. The molecular weight excluding hydrogens is 369 g/mol. The maximum Gasteiger partial charge on any atom is 0.199 e. The predicted octanol–water partition coefficient (Wildman–Crippen LogP) is 8.43. The van der Waals surface area contributed by atoms with Crippen LogP contribution in [0.2, 0.25) is 0 Å². The van der Waals surface area contributed by atoms with Crippen molar-refractivity contribution in [2.24, 2.45) is 17.8 Å². The summed E-state index contributed by atoms with van der Waals surface area (Å²) >= 11 is 0. The molecule has 2 heteroatoms. The van der Waals surface area contributed by atoms with Crippen LogP contribution in [-0.2, 0) is 6.42 Å². The van der Waals surface area contributed by atoms with E-state index in [4.69, 9.17) is 5.26 Å². The number of halogens is 1. The molecule has 1 aromatic carbocycles. The van der Waals surface area contributed by atoms with E-state index in [0.29, 0.717) is 5.92 Å². The van der Waals surface area contributed by atoms with Crippen molar-refractivity contribution in [2.45, 2.75) is 89.9 Å². The van der Waals surface area contributed by atoms with E-state index in [1.807, 2.05) is 0 Å². The third-order valence-corrected chi connectivity index (χ3v) is 7.51. The molecule has 2 aliphatic rings. The van der Waals surface area contributed by atoms with Crippen LogP contribution in [-0.4, -0.2) is 0 Å². The fourth-order valence-corrected chi connectivity index (χ4v) is 5.60. The molecule has 0 aliphatic heterocycles. The first-order valence-corrected chi connectivity index (χ1v) is 12.2. The summed E-state index contributed by atoms with van der Waals surface area (Å²) in [6.07, 6.45) is 20.7. The molecule has 2 fully saturated rings. The first kappa shape index (κ1) is 22.8. The van der Waals surface area contributed by atoms with Crippen LogP contribution in [0.15, 0.2) is 48.3 Å². The maximum absolute atomic E-state index is 12.9. The molecular formula is C28H38FN. The van der Waals surface area contributed by atoms with E-state index in [0.717, 1.165) is 17.8 Å². The van der Waals surface area contributed by atoms with Crippen molar-refractivity contribution in [2.75, 3.05) is 0 Å². The second kappa shape index (κ2) is 12.1. The van der Waals surface area contributed by atoms with Gasteiger partial charge in [0, 0.05) is 0 Å². The van der Waals surface area contributed by atoms with E-state index in [1.54, 1.807) is 11.6 Å². The quantitative estimate of drug-likeness (QED) is 0.241. The van der Waals surface area contributed by atoms with Gasteiger partial charge in [-0.05, 0) is 105 Å². The number of hydrogen-bond donors (Lipinski definition) is 0. The highest BCUT2D eigenvalue weighted by Crippen LogP contribution is 2.44. The third-order valence-electron chi connectivity index (χ3n) is 7.51. The Kier molecular flexibility index (Phi) is 9.19. The topological polar surface area (TPSA) is 23.8 Å². The number of nitriles is 1. The van der Waals surface area contributed by atoms with Crippen LogP contribution in [0, 0.1) is 29.1 Å². The predicted molar refractivity (Wildman–Crippen MR) is 124 cm³/mol. The Bertz CT molecular complexity index is 723. The maximum atomic E-state index is 12.9. The minimum Gasteiger partial charge on any atom is -0.195 e. The SMILES string of the molecule is CCCCCc1ccc([C@H]2CC[C@H](C3CCC(/C=C/C=C(\F)C#N)CC3)CC2)cc1. The molecule has 0 spiro atoms. The lowest BCUT2D eigenvalue weighted by molar-refractivity contribution is 0.171. The van der Waals surface area contributed by atoms with Gasteiger partial charge in [-0.15, -0.1) is 0 Å². The number of benzene rings is 1. The first-order valence-electron chi connectivity index (χ1n) is 12.2. The van der Waals surface area contributed by atoms with Crippen molar-refractivity contribution >= 4 is 0 Å². The Labute approximate surface area is 183 Å². The number of aryl methyl sites for hydroxylation is 1. The first-order chi connectivity index (χ1) is 14.7. The van der Waals surface area contributed by atoms with Crippen molar-refractivity contribution < 1.29 is 4.39 Å². The largest absolute Gasteiger partial charge is 0.199 e. The smallest absolute Gasteiger partial charge is 0.195 e. The van der Waals surface area contributed by atoms with Gasteiger partial charge in [-0.3, -0.25) is 0 Å². The summed E-state index contributed by atoms with van der Waals surface area (Å²) in [6, 6.07) is 11.0. The van der Waals surface area contributed by atoms with Gasteiger partial charge < -0.3 is 0 Å². The molecule has 1 nitrogen and oxygen atoms in total. The van der Waals surface area contributed by atoms with Crippen molar-refractivity contribution in [3.05, 3.63) is 59.4 Å². The summed E-state index contributed by atoms with van der Waals surface area (Å²) in [5.41, 5.74) is 3.05. The molecule has 2 saturated carbocycles. The average Bonchev–Trinajstić information content (AvgIpc) is 2.80. The van der Waals surface area contributed by atoms with Crippen LogP contribution in [0.1, 0.15) is 94.6 Å². The van der Waals surface area contributed by atoms with Gasteiger partial charge in [-0.1, -0.05) is 56.2 Å². The van der Waals surface area contributed by atoms with Crippen LogP contribution in [0.4, 0.5) is 4.39 Å². The fourth-order valence-electron chi connectivity index (χ4n) is 5.60. The van der Waals surface area contributed by atoms with Crippen molar-refractivity contribution in [1.82, 2.24) is 0 Å². The minimum atomic E-state index is -0.706. The Morgan fingerprint density at radius 2 is 1.60 bits per heavy atom. The number of rotatable bonds is 8. The molecule has 0 atom stereocenters. The molecule has 162 valence electrons. The third kappa shape index (κ3) is 6.83. The highest BCUT2D eigenvalue weighted by molar-refractivity contribution is 5.26. The molecule has 3 rings (SSSR count). The molecule has 0 aromatic heterocycles. The van der Waals surface area contributed by atoms with E-state index in [-0.39, 0.29) is 0 Å². The van der Waals surface area contributed by atoms with Gasteiger partial charge in [0.1, 0.15) is 6.07 Å². The highest BCUT2D eigenvalue weighted by atomic mass is 19.1. The summed E-state index contributed by atoms with van der Waals surface area (Å²) in [5.74, 6) is 2.38. The number of allylic oxidation sites excluding steroid dienone is 4. The summed E-state index contributed by atoms with van der Waals surface area (Å²) < 4.78 is 12.9. The standard InChI is InChI=1S/C28H38FN/c1-2-3-4-6-22-9-13-24(14-10-22)26-17-19-27(20-18-26)25-15-11-23(12-16-25)7-5-8-28(29)21-30/h5,7-10,13-14,23,25-27H,2-4,6,11-12,15-20H2,1H3/b7-5+,28-8-/t23?,25?,26-,27-. The molecule has 0 bridgehead atoms. The van der Waals surface area contributed by atoms with Gasteiger partial charge in [-0.25, -0.2) is 0 Å². The van der Waals surface area contributed by atoms with Gasteiger partial charge in [-0.2, -0.15) is 9.65 Å². The highest BCUT2D eigenvalue weighted by Gasteiger charge is 2.30. The second-order valence-corrected chi connectivity index (χ2v) is 9.50. The summed E-state index contributed by atoms with van der Waals surface area (Å²) in [5, 5.41) is 8.47. The fraction of sp³-hybridized carbons (Fsp3) is 0.607. The minimum absolute atomic E-state index is 0.552. The van der Waals surface area contributed by atoms with Crippen LogP contribution in [0.3, 0.4) is 0 Å². The Morgan fingerprint density at radius 3 is 2.20 bits per heavy atom. The van der Waals surface area contributed by atoms with Crippen LogP contribution in [0.5, 0.6) is 0 Å². The zero-order chi connectivity index (χ0) is 21.2. The average molecular weight is 408 g/mol. The second-order valence-electron chi connectivity index (χ2n) is 9.50. The van der Waals surface area contributed by atoms with Crippen LogP contribution < -0.4 is 0 Å². The lowest BCUT2D eigenvalue weighted by Gasteiger charge is -2.37. The van der Waals surface area contributed by atoms with Crippen LogP contribution >= 0.6 is 0 Å². The summed E-state index contributed by atoms with van der Waals surface area (Å²) in [7, 11) is 0. The summed E-state index contributed by atoms with van der Waals surface area (Å²) in [6.45, 7) is 2.26. The molecule has 0 unspecified atom stereocenters. The molecule has 1 aromatic rings. The van der Waals surface area contributed by atoms with E-state index in [1.165, 1.54) is 94.8 Å². The Morgan fingerprint density at radius 1 is 0.967 bits per heavy atom. The van der Waals surface area contributed by atoms with E-state index >= 15 is 0 Å². The van der Waals surface area contributed by atoms with Crippen molar-refractivity contribution in [3.63, 3.8) is 0 Å². The normalized spacial score (nSPS) is 27.8. The Balaban J connectivity index is 1.40. The van der Waals surface area contributed by atoms with E-state index in [2.05, 4.69) is 37.3 Å². The van der Waals surface area contributed by atoms with E-state index < -0.39 is 5.83 Å². The van der Waals surface area contributed by atoms with Gasteiger partial charge in [0.2, 0.25) is 0 Å². The lowest BCUT2D eigenvalue weighted by atomic mass is 9.68. The molecule has 0 N–H and O–H groups in total. The molecule has 0 amide bonds. The molecule has 0 saturated heterocycles. The van der Waals surface area contributed by atoms with Gasteiger partial charge in [0.25, 0.3) is 0 Å². The lowest BCUT2D eigenvalue weighted by Crippen LogP contribution is -2.25. The zero-order valence-electron chi connectivity index (χ0n) is 18.7. The van der Waals surface area contributed by atoms with Crippen LogP contribution in [0.25, 0.3) is 0 Å². The molecule has 0 heterocycles. The van der Waals surface area contributed by atoms with Crippen molar-refractivity contribution in [3.8, 4) is 6.07 Å².